The van der Waals surface area contributed by atoms with Crippen molar-refractivity contribution in [2.45, 2.75) is 13.0 Å². The summed E-state index contributed by atoms with van der Waals surface area (Å²) >= 11 is 0. The second-order valence-corrected chi connectivity index (χ2v) is 3.82. The Bertz CT molecular complexity index is 466. The third kappa shape index (κ3) is 3.26. The van der Waals surface area contributed by atoms with Gasteiger partial charge in [0.25, 0.3) is 0 Å². The van der Waals surface area contributed by atoms with Crippen LogP contribution in [0.2, 0.25) is 0 Å². The van der Waals surface area contributed by atoms with Gasteiger partial charge in [-0.2, -0.15) is 0 Å². The number of furan rings is 1. The van der Waals surface area contributed by atoms with Gasteiger partial charge in [0, 0.05) is 31.1 Å². The van der Waals surface area contributed by atoms with E-state index in [9.17, 15) is 5.11 Å². The number of nitrogens with one attached hydrogen (secondary N) is 1. The fraction of sp³-hybridized carbons (Fsp3) is 0.231. The summed E-state index contributed by atoms with van der Waals surface area (Å²) in [5.41, 5.74) is 0.766. The second-order valence-electron chi connectivity index (χ2n) is 3.82. The molecule has 4 nitrogen and oxygen atoms in total. The Morgan fingerprint density at radius 3 is 2.76 bits per heavy atom. The van der Waals surface area contributed by atoms with E-state index in [1.165, 1.54) is 6.07 Å². The first-order chi connectivity index (χ1) is 8.25. The highest BCUT2D eigenvalue weighted by Gasteiger charge is 2.02. The van der Waals surface area contributed by atoms with Crippen molar-refractivity contribution in [3.63, 3.8) is 0 Å². The van der Waals surface area contributed by atoms with Crippen molar-refractivity contribution in [1.29, 1.82) is 0 Å². The molecule has 0 spiro atoms. The third-order valence-corrected chi connectivity index (χ3v) is 2.51. The van der Waals surface area contributed by atoms with Crippen LogP contribution in [0.1, 0.15) is 11.3 Å². The summed E-state index contributed by atoms with van der Waals surface area (Å²) < 4.78 is 5.20. The predicted molar refractivity (Wildman–Crippen MR) is 63.9 cm³/mol. The van der Waals surface area contributed by atoms with Gasteiger partial charge in [-0.05, 0) is 18.2 Å². The van der Waals surface area contributed by atoms with Crippen LogP contribution in [-0.2, 0) is 13.0 Å². The Kier molecular flexibility index (Phi) is 3.67. The summed E-state index contributed by atoms with van der Waals surface area (Å²) in [5.74, 6) is 1.12. The summed E-state index contributed by atoms with van der Waals surface area (Å²) in [7, 11) is 0. The minimum atomic E-state index is 0.0711. The molecular weight excluding hydrogens is 218 g/mol. The first kappa shape index (κ1) is 11.5. The Morgan fingerprint density at radius 2 is 2.06 bits per heavy atom. The van der Waals surface area contributed by atoms with Gasteiger partial charge >= 0.3 is 0 Å². The average Bonchev–Trinajstić information content (AvgIpc) is 2.79. The zero-order chi connectivity index (χ0) is 12.1. The molecule has 17 heavy (non-hydrogen) atoms. The number of benzene rings is 1. The first-order valence-corrected chi connectivity index (χ1v) is 5.49. The van der Waals surface area contributed by atoms with Gasteiger partial charge in [-0.15, -0.1) is 0 Å². The molecule has 2 aromatic rings. The molecule has 0 aliphatic rings. The molecule has 90 valence electrons. The van der Waals surface area contributed by atoms with E-state index in [2.05, 4.69) is 5.32 Å². The smallest absolute Gasteiger partial charge is 0.123 e. The van der Waals surface area contributed by atoms with Gasteiger partial charge < -0.3 is 19.9 Å². The second kappa shape index (κ2) is 5.41. The van der Waals surface area contributed by atoms with E-state index >= 15 is 0 Å². The van der Waals surface area contributed by atoms with Crippen molar-refractivity contribution in [2.24, 2.45) is 0 Å². The number of aromatic hydroxyl groups is 2. The van der Waals surface area contributed by atoms with Gasteiger partial charge in [0.2, 0.25) is 0 Å². The minimum absolute atomic E-state index is 0.0711. The van der Waals surface area contributed by atoms with Crippen LogP contribution in [0, 0.1) is 0 Å². The Balaban J connectivity index is 1.78. The van der Waals surface area contributed by atoms with Gasteiger partial charge in [0.05, 0.1) is 6.26 Å². The van der Waals surface area contributed by atoms with Gasteiger partial charge in [-0.1, -0.05) is 6.07 Å². The first-order valence-electron chi connectivity index (χ1n) is 5.49. The minimum Gasteiger partial charge on any atom is -0.508 e. The van der Waals surface area contributed by atoms with Crippen LogP contribution in [0.3, 0.4) is 0 Å². The van der Waals surface area contributed by atoms with Crippen LogP contribution in [-0.4, -0.2) is 16.8 Å². The highest BCUT2D eigenvalue weighted by Crippen LogP contribution is 2.22. The van der Waals surface area contributed by atoms with Crippen LogP contribution in [0.4, 0.5) is 0 Å². The lowest BCUT2D eigenvalue weighted by molar-refractivity contribution is 0.443. The lowest BCUT2D eigenvalue weighted by Gasteiger charge is -2.06. The maximum absolute atomic E-state index is 9.56. The van der Waals surface area contributed by atoms with Crippen molar-refractivity contribution in [3.8, 4) is 11.5 Å². The van der Waals surface area contributed by atoms with E-state index in [-0.39, 0.29) is 11.5 Å². The Morgan fingerprint density at radius 1 is 1.18 bits per heavy atom. The monoisotopic (exact) mass is 233 g/mol. The molecule has 2 rings (SSSR count). The molecule has 0 aliphatic heterocycles. The molecule has 0 atom stereocenters. The molecule has 0 unspecified atom stereocenters. The summed E-state index contributed by atoms with van der Waals surface area (Å²) in [5, 5.41) is 21.9. The van der Waals surface area contributed by atoms with Crippen molar-refractivity contribution in [2.75, 3.05) is 6.54 Å². The molecule has 0 bridgehead atoms. The molecule has 0 radical (unpaired) electrons. The van der Waals surface area contributed by atoms with E-state index in [0.29, 0.717) is 6.54 Å². The molecule has 0 amide bonds. The maximum atomic E-state index is 9.56. The lowest BCUT2D eigenvalue weighted by atomic mass is 10.2. The zero-order valence-corrected chi connectivity index (χ0v) is 9.39. The zero-order valence-electron chi connectivity index (χ0n) is 9.39. The molecule has 0 aliphatic carbocycles. The quantitative estimate of drug-likeness (QED) is 0.691. The van der Waals surface area contributed by atoms with Crippen LogP contribution in [0.25, 0.3) is 0 Å². The number of phenolic OH excluding ortho intramolecular Hbond substituents is 2. The number of phenols is 2. The van der Waals surface area contributed by atoms with Crippen molar-refractivity contribution >= 4 is 0 Å². The number of hydrogen-bond donors (Lipinski definition) is 3. The van der Waals surface area contributed by atoms with Gasteiger partial charge in [0.1, 0.15) is 17.3 Å². The highest BCUT2D eigenvalue weighted by molar-refractivity contribution is 5.38. The predicted octanol–water partition coefficient (Wildman–Crippen LogP) is 2.02. The molecule has 3 N–H and O–H groups in total. The van der Waals surface area contributed by atoms with E-state index in [4.69, 9.17) is 9.52 Å². The molecule has 1 heterocycles. The van der Waals surface area contributed by atoms with E-state index < -0.39 is 0 Å². The summed E-state index contributed by atoms with van der Waals surface area (Å²) in [6.07, 6.45) is 2.47. The number of rotatable bonds is 5. The normalized spacial score (nSPS) is 10.6. The van der Waals surface area contributed by atoms with Crippen molar-refractivity contribution < 1.29 is 14.6 Å². The summed E-state index contributed by atoms with van der Waals surface area (Å²) in [4.78, 5) is 0. The third-order valence-electron chi connectivity index (χ3n) is 2.51. The summed E-state index contributed by atoms with van der Waals surface area (Å²) in [6, 6.07) is 8.39. The Hall–Kier alpha value is -1.94. The largest absolute Gasteiger partial charge is 0.508 e. The van der Waals surface area contributed by atoms with Crippen LogP contribution >= 0.6 is 0 Å². The SMILES string of the molecule is Oc1ccc(CNCCc2ccco2)c(O)c1. The molecule has 0 saturated carbocycles. The fourth-order valence-corrected chi connectivity index (χ4v) is 1.59. The van der Waals surface area contributed by atoms with Crippen LogP contribution < -0.4 is 5.32 Å². The van der Waals surface area contributed by atoms with Gasteiger partial charge in [0.15, 0.2) is 0 Å². The highest BCUT2D eigenvalue weighted by atomic mass is 16.3. The van der Waals surface area contributed by atoms with Gasteiger partial charge in [-0.3, -0.25) is 0 Å². The molecule has 0 fully saturated rings. The van der Waals surface area contributed by atoms with E-state index in [0.717, 1.165) is 24.3 Å². The lowest BCUT2D eigenvalue weighted by Crippen LogP contribution is -2.16. The molecule has 1 aromatic heterocycles. The number of hydrogen-bond acceptors (Lipinski definition) is 4. The molecule has 4 heteroatoms. The standard InChI is InChI=1S/C13H15NO3/c15-11-4-3-10(13(16)8-11)9-14-6-5-12-2-1-7-17-12/h1-4,7-8,14-16H,5-6,9H2. The molecule has 1 aromatic carbocycles. The summed E-state index contributed by atoms with van der Waals surface area (Å²) in [6.45, 7) is 1.33. The van der Waals surface area contributed by atoms with Gasteiger partial charge in [-0.25, -0.2) is 0 Å². The average molecular weight is 233 g/mol. The Labute approximate surface area is 99.5 Å². The van der Waals surface area contributed by atoms with E-state index in [1.807, 2.05) is 12.1 Å². The molecule has 0 saturated heterocycles. The fourth-order valence-electron chi connectivity index (χ4n) is 1.59. The maximum Gasteiger partial charge on any atom is 0.123 e. The van der Waals surface area contributed by atoms with Crippen molar-refractivity contribution in [3.05, 3.63) is 47.9 Å². The van der Waals surface area contributed by atoms with Crippen LogP contribution in [0.5, 0.6) is 11.5 Å². The van der Waals surface area contributed by atoms with E-state index in [1.54, 1.807) is 18.4 Å². The van der Waals surface area contributed by atoms with Crippen LogP contribution in [0.15, 0.2) is 41.0 Å². The molecular formula is C13H15NO3. The van der Waals surface area contributed by atoms with Crippen molar-refractivity contribution in [1.82, 2.24) is 5.32 Å². The topological polar surface area (TPSA) is 65.6 Å².